The van der Waals surface area contributed by atoms with Crippen molar-refractivity contribution in [1.82, 2.24) is 0 Å². The van der Waals surface area contributed by atoms with Crippen LogP contribution < -0.4 is 5.32 Å². The van der Waals surface area contributed by atoms with E-state index in [4.69, 9.17) is 9.47 Å². The molecule has 0 saturated carbocycles. The van der Waals surface area contributed by atoms with Gasteiger partial charge in [0.2, 0.25) is 23.1 Å². The van der Waals surface area contributed by atoms with E-state index in [0.717, 1.165) is 0 Å². The van der Waals surface area contributed by atoms with Gasteiger partial charge in [-0.2, -0.15) is 0 Å². The SMILES string of the molecule is COC1=C(OC)C(=O)C(C(=O)Nc2ccccc2)=C(C)C1=O. The quantitative estimate of drug-likeness (QED) is 0.674. The molecule has 22 heavy (non-hydrogen) atoms. The van der Waals surface area contributed by atoms with E-state index in [2.05, 4.69) is 5.32 Å². The molecule has 0 spiro atoms. The molecule has 1 aliphatic carbocycles. The summed E-state index contributed by atoms with van der Waals surface area (Å²) in [5, 5.41) is 2.58. The van der Waals surface area contributed by atoms with E-state index >= 15 is 0 Å². The van der Waals surface area contributed by atoms with Crippen molar-refractivity contribution < 1.29 is 23.9 Å². The second-order valence-electron chi connectivity index (χ2n) is 4.54. The maximum Gasteiger partial charge on any atom is 0.260 e. The number of benzene rings is 1. The Morgan fingerprint density at radius 1 is 0.955 bits per heavy atom. The minimum absolute atomic E-state index is 0.0241. The Bertz CT molecular complexity index is 701. The Morgan fingerprint density at radius 2 is 1.50 bits per heavy atom. The van der Waals surface area contributed by atoms with Gasteiger partial charge in [-0.15, -0.1) is 0 Å². The fourth-order valence-corrected chi connectivity index (χ4v) is 2.13. The Labute approximate surface area is 127 Å². The highest BCUT2D eigenvalue weighted by Crippen LogP contribution is 2.26. The minimum atomic E-state index is -0.676. The first kappa shape index (κ1) is 15.5. The van der Waals surface area contributed by atoms with Crippen LogP contribution in [-0.2, 0) is 23.9 Å². The van der Waals surface area contributed by atoms with Gasteiger partial charge in [0.1, 0.15) is 0 Å². The van der Waals surface area contributed by atoms with Crippen molar-refractivity contribution in [2.24, 2.45) is 0 Å². The van der Waals surface area contributed by atoms with E-state index in [0.29, 0.717) is 5.69 Å². The molecule has 0 unspecified atom stereocenters. The van der Waals surface area contributed by atoms with E-state index in [1.54, 1.807) is 30.3 Å². The average Bonchev–Trinajstić information content (AvgIpc) is 2.51. The molecule has 0 bridgehead atoms. The summed E-state index contributed by atoms with van der Waals surface area (Å²) in [5.74, 6) is -2.34. The van der Waals surface area contributed by atoms with Gasteiger partial charge >= 0.3 is 0 Å². The molecule has 0 radical (unpaired) electrons. The zero-order valence-corrected chi connectivity index (χ0v) is 12.4. The number of allylic oxidation sites excluding steroid dienone is 2. The number of ether oxygens (including phenoxy) is 2. The van der Waals surface area contributed by atoms with Gasteiger partial charge in [0.15, 0.2) is 0 Å². The van der Waals surface area contributed by atoms with Gasteiger partial charge in [0.05, 0.1) is 19.8 Å². The lowest BCUT2D eigenvalue weighted by Crippen LogP contribution is -2.31. The number of rotatable bonds is 4. The summed E-state index contributed by atoms with van der Waals surface area (Å²) < 4.78 is 9.84. The highest BCUT2D eigenvalue weighted by molar-refractivity contribution is 6.35. The fourth-order valence-electron chi connectivity index (χ4n) is 2.13. The summed E-state index contributed by atoms with van der Waals surface area (Å²) in [4.78, 5) is 36.9. The van der Waals surface area contributed by atoms with E-state index < -0.39 is 17.5 Å². The molecular weight excluding hydrogens is 286 g/mol. The molecule has 2 rings (SSSR count). The first-order valence-electron chi connectivity index (χ1n) is 6.50. The normalized spacial score (nSPS) is 15.0. The van der Waals surface area contributed by atoms with Gasteiger partial charge in [-0.25, -0.2) is 0 Å². The number of amides is 1. The Balaban J connectivity index is 2.38. The van der Waals surface area contributed by atoms with Gasteiger partial charge in [-0.3, -0.25) is 14.4 Å². The molecule has 114 valence electrons. The lowest BCUT2D eigenvalue weighted by molar-refractivity contribution is -0.124. The first-order valence-corrected chi connectivity index (χ1v) is 6.50. The van der Waals surface area contributed by atoms with Crippen molar-refractivity contribution in [3.8, 4) is 0 Å². The summed E-state index contributed by atoms with van der Waals surface area (Å²) in [7, 11) is 2.51. The van der Waals surface area contributed by atoms with Crippen LogP contribution in [0.5, 0.6) is 0 Å². The minimum Gasteiger partial charge on any atom is -0.489 e. The van der Waals surface area contributed by atoms with Gasteiger partial charge in [-0.1, -0.05) is 18.2 Å². The molecule has 1 aromatic rings. The number of hydrogen-bond acceptors (Lipinski definition) is 5. The van der Waals surface area contributed by atoms with Crippen LogP contribution in [0.2, 0.25) is 0 Å². The Hall–Kier alpha value is -2.89. The van der Waals surface area contributed by atoms with E-state index in [-0.39, 0.29) is 22.7 Å². The molecule has 0 heterocycles. The van der Waals surface area contributed by atoms with Crippen molar-refractivity contribution in [3.63, 3.8) is 0 Å². The highest BCUT2D eigenvalue weighted by Gasteiger charge is 2.38. The molecule has 0 aliphatic heterocycles. The number of methoxy groups -OCH3 is 2. The third-order valence-corrected chi connectivity index (χ3v) is 3.23. The molecule has 1 amide bonds. The average molecular weight is 301 g/mol. The second kappa shape index (κ2) is 6.26. The van der Waals surface area contributed by atoms with Crippen LogP contribution in [0, 0.1) is 0 Å². The number of ketones is 2. The number of carbonyl (C=O) groups excluding carboxylic acids is 3. The van der Waals surface area contributed by atoms with Crippen LogP contribution in [0.1, 0.15) is 6.92 Å². The Kier molecular flexibility index (Phi) is 4.41. The lowest BCUT2D eigenvalue weighted by atomic mass is 9.92. The molecule has 1 aliphatic rings. The van der Waals surface area contributed by atoms with Gasteiger partial charge in [-0.05, 0) is 19.1 Å². The van der Waals surface area contributed by atoms with Crippen LogP contribution >= 0.6 is 0 Å². The summed E-state index contributed by atoms with van der Waals surface area (Å²) in [5.41, 5.74) is 0.302. The summed E-state index contributed by atoms with van der Waals surface area (Å²) in [6, 6.07) is 8.64. The van der Waals surface area contributed by atoms with Crippen molar-refractivity contribution in [2.45, 2.75) is 6.92 Å². The molecule has 1 aromatic carbocycles. The van der Waals surface area contributed by atoms with E-state index in [9.17, 15) is 14.4 Å². The highest BCUT2D eigenvalue weighted by atomic mass is 16.5. The zero-order chi connectivity index (χ0) is 16.3. The van der Waals surface area contributed by atoms with Crippen LogP contribution in [0.4, 0.5) is 5.69 Å². The smallest absolute Gasteiger partial charge is 0.260 e. The molecule has 0 aromatic heterocycles. The van der Waals surface area contributed by atoms with E-state index in [1.807, 2.05) is 0 Å². The number of hydrogen-bond donors (Lipinski definition) is 1. The standard InChI is InChI=1S/C16H15NO5/c1-9-11(16(20)17-10-7-5-4-6-8-10)13(19)15(22-3)14(21-2)12(9)18/h4-8H,1-3H3,(H,17,20). The lowest BCUT2D eigenvalue weighted by Gasteiger charge is -2.19. The number of nitrogens with one attached hydrogen (secondary N) is 1. The maximum absolute atomic E-state index is 12.4. The molecule has 0 fully saturated rings. The molecule has 0 saturated heterocycles. The van der Waals surface area contributed by atoms with Crippen LogP contribution in [0.15, 0.2) is 53.0 Å². The largest absolute Gasteiger partial charge is 0.489 e. The fraction of sp³-hybridized carbons (Fsp3) is 0.188. The number of Topliss-reactive ketones (excluding diaryl/α,β-unsaturated/α-hetero) is 2. The van der Waals surface area contributed by atoms with Gasteiger partial charge < -0.3 is 14.8 Å². The maximum atomic E-state index is 12.4. The van der Waals surface area contributed by atoms with Crippen molar-refractivity contribution in [3.05, 3.63) is 53.0 Å². The molecule has 0 atom stereocenters. The predicted octanol–water partition coefficient (Wildman–Crippen LogP) is 1.60. The molecule has 6 heteroatoms. The van der Waals surface area contributed by atoms with E-state index in [1.165, 1.54) is 21.1 Å². The van der Waals surface area contributed by atoms with Gasteiger partial charge in [0, 0.05) is 11.3 Å². The number of anilines is 1. The number of para-hydroxylation sites is 1. The van der Waals surface area contributed by atoms with Crippen molar-refractivity contribution >= 4 is 23.2 Å². The first-order chi connectivity index (χ1) is 10.5. The van der Waals surface area contributed by atoms with Crippen molar-refractivity contribution in [2.75, 3.05) is 19.5 Å². The molecule has 1 N–H and O–H groups in total. The zero-order valence-electron chi connectivity index (χ0n) is 12.4. The second-order valence-corrected chi connectivity index (χ2v) is 4.54. The summed E-state index contributed by atoms with van der Waals surface area (Å²) >= 11 is 0. The summed E-state index contributed by atoms with van der Waals surface area (Å²) in [6.45, 7) is 1.41. The number of carbonyl (C=O) groups is 3. The van der Waals surface area contributed by atoms with Crippen LogP contribution in [-0.4, -0.2) is 31.7 Å². The van der Waals surface area contributed by atoms with Gasteiger partial charge in [0.25, 0.3) is 5.91 Å². The summed E-state index contributed by atoms with van der Waals surface area (Å²) in [6.07, 6.45) is 0. The Morgan fingerprint density at radius 3 is 2.05 bits per heavy atom. The predicted molar refractivity (Wildman–Crippen MR) is 78.8 cm³/mol. The molecule has 6 nitrogen and oxygen atoms in total. The van der Waals surface area contributed by atoms with Crippen molar-refractivity contribution in [1.29, 1.82) is 0 Å². The molecular formula is C16H15NO5. The monoisotopic (exact) mass is 301 g/mol. The van der Waals surface area contributed by atoms with Crippen LogP contribution in [0.25, 0.3) is 0 Å². The third-order valence-electron chi connectivity index (χ3n) is 3.23. The topological polar surface area (TPSA) is 81.7 Å². The third kappa shape index (κ3) is 2.63. The van der Waals surface area contributed by atoms with Crippen LogP contribution in [0.3, 0.4) is 0 Å².